The maximum Gasteiger partial charge on any atom is 0.0480 e. The van der Waals surface area contributed by atoms with Crippen LogP contribution in [0.2, 0.25) is 0 Å². The Hall–Kier alpha value is -2.28. The average molecular weight is 405 g/mol. The Bertz CT molecular complexity index is 1020. The highest BCUT2D eigenvalue weighted by atomic mass is 35.5. The van der Waals surface area contributed by atoms with Crippen LogP contribution >= 0.6 is 23.2 Å². The first-order valence-corrected chi connectivity index (χ1v) is 10.6. The Balaban J connectivity index is 1.89. The minimum absolute atomic E-state index is 0.254. The molecule has 3 aromatic rings. The summed E-state index contributed by atoms with van der Waals surface area (Å²) in [5, 5.41) is 0. The van der Waals surface area contributed by atoms with E-state index in [9.17, 15) is 0 Å². The first kappa shape index (κ1) is 19.1. The van der Waals surface area contributed by atoms with E-state index in [-0.39, 0.29) is 5.41 Å². The maximum atomic E-state index is 6.35. The molecule has 0 amide bonds. The molecular weight excluding hydrogens is 383 g/mol. The summed E-state index contributed by atoms with van der Waals surface area (Å²) in [6.07, 6.45) is 7.59. The van der Waals surface area contributed by atoms with E-state index in [1.54, 1.807) is 0 Å². The Morgan fingerprint density at radius 2 is 1.36 bits per heavy atom. The van der Waals surface area contributed by atoms with Gasteiger partial charge in [0.2, 0.25) is 0 Å². The summed E-state index contributed by atoms with van der Waals surface area (Å²) in [7, 11) is 0. The van der Waals surface area contributed by atoms with E-state index in [0.29, 0.717) is 11.8 Å². The highest BCUT2D eigenvalue weighted by Crippen LogP contribution is 2.46. The number of benzene rings is 3. The largest absolute Gasteiger partial charge is 0.122 e. The van der Waals surface area contributed by atoms with E-state index in [4.69, 9.17) is 23.2 Å². The smallest absolute Gasteiger partial charge is 0.0480 e. The van der Waals surface area contributed by atoms with Gasteiger partial charge in [0.05, 0.1) is 0 Å². The van der Waals surface area contributed by atoms with Crippen molar-refractivity contribution >= 4 is 28.8 Å². The Labute approximate surface area is 177 Å². The van der Waals surface area contributed by atoms with Crippen LogP contribution < -0.4 is 0 Å². The number of allylic oxidation sites excluding steroid dienone is 4. The molecule has 4 rings (SSSR count). The van der Waals surface area contributed by atoms with Crippen LogP contribution in [0.25, 0.3) is 5.57 Å². The van der Waals surface area contributed by atoms with Crippen LogP contribution in [-0.2, 0) is 17.2 Å². The molecule has 0 saturated carbocycles. The zero-order chi connectivity index (χ0) is 19.4. The summed E-state index contributed by atoms with van der Waals surface area (Å²) in [4.78, 5) is 0. The molecular formula is C26H22Cl2. The van der Waals surface area contributed by atoms with Crippen LogP contribution in [0, 0.1) is 0 Å². The molecule has 28 heavy (non-hydrogen) atoms. The van der Waals surface area contributed by atoms with Crippen molar-refractivity contribution in [3.8, 4) is 0 Å². The lowest BCUT2D eigenvalue weighted by molar-refractivity contribution is 0.652. The third-order valence-electron chi connectivity index (χ3n) is 5.59. The summed E-state index contributed by atoms with van der Waals surface area (Å²) >= 11 is 12.6. The van der Waals surface area contributed by atoms with Gasteiger partial charge in [0.25, 0.3) is 0 Å². The minimum Gasteiger partial charge on any atom is -0.122 e. The van der Waals surface area contributed by atoms with Crippen LogP contribution in [0.5, 0.6) is 0 Å². The average Bonchev–Trinajstić information content (AvgIpc) is 2.79. The first-order valence-electron chi connectivity index (χ1n) is 9.51. The number of alkyl halides is 2. The second kappa shape index (κ2) is 8.39. The first-order chi connectivity index (χ1) is 13.8. The molecule has 3 aromatic carbocycles. The van der Waals surface area contributed by atoms with Gasteiger partial charge in [-0.05, 0) is 39.8 Å². The van der Waals surface area contributed by atoms with Gasteiger partial charge in [0, 0.05) is 17.2 Å². The molecule has 0 fully saturated rings. The van der Waals surface area contributed by atoms with Crippen molar-refractivity contribution in [2.75, 3.05) is 0 Å². The molecule has 1 aliphatic carbocycles. The molecule has 0 nitrogen and oxygen atoms in total. The predicted octanol–water partition coefficient (Wildman–Crippen LogP) is 7.49. The Kier molecular flexibility index (Phi) is 5.71. The molecule has 1 aliphatic rings. The lowest BCUT2D eigenvalue weighted by atomic mass is 9.66. The van der Waals surface area contributed by atoms with Crippen LogP contribution in [0.15, 0.2) is 97.1 Å². The highest BCUT2D eigenvalue weighted by Gasteiger charge is 2.36. The molecule has 0 spiro atoms. The maximum absolute atomic E-state index is 6.35. The predicted molar refractivity (Wildman–Crippen MR) is 121 cm³/mol. The summed E-state index contributed by atoms with van der Waals surface area (Å²) in [6.45, 7) is 0. The Morgan fingerprint density at radius 3 is 2.11 bits per heavy atom. The van der Waals surface area contributed by atoms with Crippen molar-refractivity contribution in [1.82, 2.24) is 0 Å². The fourth-order valence-electron chi connectivity index (χ4n) is 4.23. The second-order valence-corrected chi connectivity index (χ2v) is 7.68. The van der Waals surface area contributed by atoms with Crippen molar-refractivity contribution in [3.05, 3.63) is 125 Å². The van der Waals surface area contributed by atoms with E-state index in [2.05, 4.69) is 91.0 Å². The third-order valence-corrected chi connectivity index (χ3v) is 6.16. The van der Waals surface area contributed by atoms with Gasteiger partial charge in [-0.3, -0.25) is 0 Å². The van der Waals surface area contributed by atoms with E-state index in [1.165, 1.54) is 33.4 Å². The van der Waals surface area contributed by atoms with Gasteiger partial charge in [0.15, 0.2) is 0 Å². The van der Waals surface area contributed by atoms with E-state index < -0.39 is 0 Å². The number of halogens is 2. The van der Waals surface area contributed by atoms with Gasteiger partial charge < -0.3 is 0 Å². The lowest BCUT2D eigenvalue weighted by Crippen LogP contribution is -2.28. The summed E-state index contributed by atoms with van der Waals surface area (Å²) in [5.74, 6) is 1.00. The van der Waals surface area contributed by atoms with Gasteiger partial charge in [0.1, 0.15) is 0 Å². The number of hydrogen-bond acceptors (Lipinski definition) is 0. The van der Waals surface area contributed by atoms with Crippen LogP contribution in [-0.4, -0.2) is 0 Å². The lowest BCUT2D eigenvalue weighted by Gasteiger charge is -2.37. The molecule has 0 aromatic heterocycles. The van der Waals surface area contributed by atoms with Gasteiger partial charge in [-0.15, -0.1) is 23.2 Å². The molecule has 1 unspecified atom stereocenters. The fraction of sp³-hybridized carbons (Fsp3) is 0.154. The second-order valence-electron chi connectivity index (χ2n) is 7.15. The molecule has 0 bridgehead atoms. The summed E-state index contributed by atoms with van der Waals surface area (Å²) in [6, 6.07) is 27.6. The fourth-order valence-corrected chi connectivity index (χ4v) is 4.69. The van der Waals surface area contributed by atoms with Gasteiger partial charge >= 0.3 is 0 Å². The van der Waals surface area contributed by atoms with Crippen LogP contribution in [0.4, 0.5) is 0 Å². The zero-order valence-electron chi connectivity index (χ0n) is 15.6. The quantitative estimate of drug-likeness (QED) is 0.386. The molecule has 1 atom stereocenters. The van der Waals surface area contributed by atoms with E-state index in [0.717, 1.165) is 6.42 Å². The third kappa shape index (κ3) is 3.43. The van der Waals surface area contributed by atoms with Crippen molar-refractivity contribution < 1.29 is 0 Å². The standard InChI is InChI=1S/C26H22Cl2/c27-18-21-9-4-6-14-24(21)20-11-8-16-26(17-20,23-12-2-1-3-13-23)25-15-7-5-10-22(25)19-28/h1-16H,17-19H2. The van der Waals surface area contributed by atoms with Crippen molar-refractivity contribution in [1.29, 1.82) is 0 Å². The SMILES string of the molecule is ClCc1ccccc1C1=CC=CC(c2ccccc2)(c2ccccc2CCl)C1. The number of hydrogen-bond donors (Lipinski definition) is 0. The monoisotopic (exact) mass is 404 g/mol. The zero-order valence-corrected chi connectivity index (χ0v) is 17.1. The van der Waals surface area contributed by atoms with Crippen molar-refractivity contribution in [2.24, 2.45) is 0 Å². The molecule has 0 radical (unpaired) electrons. The summed E-state index contributed by atoms with van der Waals surface area (Å²) in [5.41, 5.74) is 7.15. The molecule has 0 saturated heterocycles. The van der Waals surface area contributed by atoms with E-state index >= 15 is 0 Å². The summed E-state index contributed by atoms with van der Waals surface area (Å²) < 4.78 is 0. The minimum atomic E-state index is -0.254. The topological polar surface area (TPSA) is 0 Å². The molecule has 2 heteroatoms. The van der Waals surface area contributed by atoms with Gasteiger partial charge in [-0.2, -0.15) is 0 Å². The molecule has 140 valence electrons. The normalized spacial score (nSPS) is 18.7. The van der Waals surface area contributed by atoms with Crippen LogP contribution in [0.1, 0.15) is 34.2 Å². The van der Waals surface area contributed by atoms with Gasteiger partial charge in [-0.1, -0.05) is 97.1 Å². The van der Waals surface area contributed by atoms with Crippen LogP contribution in [0.3, 0.4) is 0 Å². The number of rotatable bonds is 5. The Morgan fingerprint density at radius 1 is 0.714 bits per heavy atom. The van der Waals surface area contributed by atoms with Crippen molar-refractivity contribution in [3.63, 3.8) is 0 Å². The van der Waals surface area contributed by atoms with Gasteiger partial charge in [-0.25, -0.2) is 0 Å². The van der Waals surface area contributed by atoms with Crippen molar-refractivity contribution in [2.45, 2.75) is 23.6 Å². The van der Waals surface area contributed by atoms with E-state index in [1.807, 2.05) is 6.07 Å². The highest BCUT2D eigenvalue weighted by molar-refractivity contribution is 6.17. The molecule has 0 aliphatic heterocycles. The molecule has 0 heterocycles. The molecule has 0 N–H and O–H groups in total.